The van der Waals surface area contributed by atoms with Gasteiger partial charge in [0.1, 0.15) is 18.0 Å². The van der Waals surface area contributed by atoms with E-state index in [9.17, 15) is 14.4 Å². The number of carbonyl (C=O) groups excluding carboxylic acids is 3. The molecule has 0 unspecified atom stereocenters. The van der Waals surface area contributed by atoms with Gasteiger partial charge in [-0.1, -0.05) is 33.6 Å². The molecule has 9 heteroatoms. The molecule has 0 bridgehead atoms. The fourth-order valence-corrected chi connectivity index (χ4v) is 2.77. The molecule has 0 radical (unpaired) electrons. The largest absolute Gasteiger partial charge is 0.444 e. The Bertz CT molecular complexity index is 629. The first kappa shape index (κ1) is 19.9. The lowest BCUT2D eigenvalue weighted by Gasteiger charge is -2.26. The number of anilines is 1. The van der Waals surface area contributed by atoms with Crippen molar-refractivity contribution in [1.29, 1.82) is 0 Å². The van der Waals surface area contributed by atoms with Crippen molar-refractivity contribution in [2.45, 2.75) is 52.2 Å². The Labute approximate surface area is 152 Å². The second-order valence-electron chi connectivity index (χ2n) is 7.14. The highest BCUT2D eigenvalue weighted by molar-refractivity contribution is 6.42. The van der Waals surface area contributed by atoms with Crippen LogP contribution in [0.3, 0.4) is 0 Å². The Morgan fingerprint density at radius 3 is 2.77 bits per heavy atom. The maximum atomic E-state index is 12.4. The Hall–Kier alpha value is -2.42. The summed E-state index contributed by atoms with van der Waals surface area (Å²) in [5, 5.41) is 14.4. The van der Waals surface area contributed by atoms with Gasteiger partial charge in [0.05, 0.1) is 6.20 Å². The highest BCUT2D eigenvalue weighted by Crippen LogP contribution is 2.26. The van der Waals surface area contributed by atoms with E-state index >= 15 is 0 Å². The van der Waals surface area contributed by atoms with Gasteiger partial charge in [0, 0.05) is 24.6 Å². The minimum atomic E-state index is -0.928. The number of unbranched alkanes of at least 4 members (excludes halogenated alkanes) is 1. The van der Waals surface area contributed by atoms with Gasteiger partial charge in [-0.05, 0) is 6.42 Å². The van der Waals surface area contributed by atoms with Crippen molar-refractivity contribution in [1.82, 2.24) is 20.8 Å². The highest BCUT2D eigenvalue weighted by atomic mass is 16.6. The molecule has 1 saturated heterocycles. The standard InChI is InChI=1S/C17H27N5O4/c1-4-5-6-11(14(23)15(24)21-13-7-8-19-22-13)20-16(25)26-12-9-18-10-17(12,2)3/h7-8,11-12,18H,4-6,9-10H2,1-3H3,(H,20,25)(H2,19,21,22,24)/t11-,12+/m0/s1. The molecule has 1 aromatic rings. The summed E-state index contributed by atoms with van der Waals surface area (Å²) in [6.45, 7) is 7.28. The van der Waals surface area contributed by atoms with Crippen LogP contribution in [-0.2, 0) is 14.3 Å². The second-order valence-corrected chi connectivity index (χ2v) is 7.14. The third kappa shape index (κ3) is 5.29. The van der Waals surface area contributed by atoms with Crippen molar-refractivity contribution >= 4 is 23.6 Å². The molecule has 4 N–H and O–H groups in total. The van der Waals surface area contributed by atoms with E-state index < -0.39 is 23.8 Å². The Morgan fingerprint density at radius 2 is 2.19 bits per heavy atom. The van der Waals surface area contributed by atoms with E-state index in [1.165, 1.54) is 12.3 Å². The number of hydrogen-bond donors (Lipinski definition) is 4. The average Bonchev–Trinajstić information content (AvgIpc) is 3.20. The molecule has 2 amide bonds. The zero-order valence-corrected chi connectivity index (χ0v) is 15.4. The van der Waals surface area contributed by atoms with Gasteiger partial charge >= 0.3 is 6.09 Å². The number of carbonyl (C=O) groups is 3. The average molecular weight is 365 g/mol. The number of aromatic amines is 1. The van der Waals surface area contributed by atoms with E-state index in [2.05, 4.69) is 26.1 Å². The number of ketones is 1. The van der Waals surface area contributed by atoms with Crippen molar-refractivity contribution in [3.8, 4) is 0 Å². The van der Waals surface area contributed by atoms with Crippen molar-refractivity contribution in [3.05, 3.63) is 12.3 Å². The Morgan fingerprint density at radius 1 is 1.42 bits per heavy atom. The molecule has 26 heavy (non-hydrogen) atoms. The number of nitrogens with zero attached hydrogens (tertiary/aromatic N) is 1. The maximum Gasteiger partial charge on any atom is 0.408 e. The van der Waals surface area contributed by atoms with E-state index in [0.29, 0.717) is 25.2 Å². The quantitative estimate of drug-likeness (QED) is 0.513. The summed E-state index contributed by atoms with van der Waals surface area (Å²) in [5.74, 6) is -1.20. The van der Waals surface area contributed by atoms with Gasteiger partial charge in [0.15, 0.2) is 0 Å². The first-order valence-electron chi connectivity index (χ1n) is 8.86. The molecule has 1 aliphatic heterocycles. The summed E-state index contributed by atoms with van der Waals surface area (Å²) in [6.07, 6.45) is 2.39. The number of aromatic nitrogens is 2. The summed E-state index contributed by atoms with van der Waals surface area (Å²) < 4.78 is 5.46. The SMILES string of the molecule is CCCC[C@H](NC(=O)O[C@@H]1CNCC1(C)C)C(=O)C(=O)Nc1ccn[nH]1. The number of nitrogens with one attached hydrogen (secondary N) is 4. The van der Waals surface area contributed by atoms with Crippen LogP contribution >= 0.6 is 0 Å². The van der Waals surface area contributed by atoms with Gasteiger partial charge in [-0.25, -0.2) is 4.79 Å². The molecule has 0 aliphatic carbocycles. The number of amides is 2. The van der Waals surface area contributed by atoms with Crippen LogP contribution in [0.4, 0.5) is 10.6 Å². The lowest BCUT2D eigenvalue weighted by atomic mass is 9.90. The molecule has 1 fully saturated rings. The molecule has 144 valence electrons. The van der Waals surface area contributed by atoms with Gasteiger partial charge in [-0.15, -0.1) is 0 Å². The maximum absolute atomic E-state index is 12.4. The number of ether oxygens (including phenoxy) is 1. The first-order valence-corrected chi connectivity index (χ1v) is 8.86. The van der Waals surface area contributed by atoms with Crippen LogP contribution in [0.1, 0.15) is 40.0 Å². The summed E-state index contributed by atoms with van der Waals surface area (Å²) in [5.41, 5.74) is -0.182. The molecule has 1 aromatic heterocycles. The summed E-state index contributed by atoms with van der Waals surface area (Å²) in [4.78, 5) is 36.8. The Kier molecular flexibility index (Phi) is 6.73. The third-order valence-electron chi connectivity index (χ3n) is 4.46. The van der Waals surface area contributed by atoms with Crippen LogP contribution in [0.2, 0.25) is 0 Å². The van der Waals surface area contributed by atoms with Crippen molar-refractivity contribution in [2.75, 3.05) is 18.4 Å². The highest BCUT2D eigenvalue weighted by Gasteiger charge is 2.38. The number of rotatable bonds is 8. The monoisotopic (exact) mass is 365 g/mol. The normalized spacial score (nSPS) is 19.6. The molecule has 0 spiro atoms. The number of Topliss-reactive ketones (excluding diaryl/α,β-unsaturated/α-hetero) is 1. The molecule has 2 heterocycles. The minimum Gasteiger partial charge on any atom is -0.444 e. The molecule has 9 nitrogen and oxygen atoms in total. The van der Waals surface area contributed by atoms with Gasteiger partial charge in [-0.2, -0.15) is 5.10 Å². The van der Waals surface area contributed by atoms with Gasteiger partial charge in [0.2, 0.25) is 5.78 Å². The van der Waals surface area contributed by atoms with Gasteiger partial charge in [-0.3, -0.25) is 14.7 Å². The molecule has 1 aliphatic rings. The fourth-order valence-electron chi connectivity index (χ4n) is 2.77. The first-order chi connectivity index (χ1) is 12.3. The second kappa shape index (κ2) is 8.79. The zero-order valence-electron chi connectivity index (χ0n) is 15.4. The van der Waals surface area contributed by atoms with Crippen LogP contribution < -0.4 is 16.0 Å². The van der Waals surface area contributed by atoms with Crippen LogP contribution in [0.5, 0.6) is 0 Å². The lowest BCUT2D eigenvalue weighted by Crippen LogP contribution is -2.47. The third-order valence-corrected chi connectivity index (χ3v) is 4.46. The summed E-state index contributed by atoms with van der Waals surface area (Å²) in [7, 11) is 0. The Balaban J connectivity index is 1.95. The van der Waals surface area contributed by atoms with E-state index in [4.69, 9.17) is 4.74 Å². The van der Waals surface area contributed by atoms with E-state index in [1.54, 1.807) is 0 Å². The van der Waals surface area contributed by atoms with E-state index in [1.807, 2.05) is 20.8 Å². The van der Waals surface area contributed by atoms with Gasteiger partial charge in [0.25, 0.3) is 5.91 Å². The smallest absolute Gasteiger partial charge is 0.408 e. The van der Waals surface area contributed by atoms with Crippen molar-refractivity contribution in [2.24, 2.45) is 5.41 Å². The molecule has 0 saturated carbocycles. The van der Waals surface area contributed by atoms with E-state index in [0.717, 1.165) is 13.0 Å². The number of alkyl carbamates (subject to hydrolysis) is 1. The molecule has 0 aromatic carbocycles. The zero-order chi connectivity index (χ0) is 19.2. The molecule has 2 rings (SSSR count). The predicted octanol–water partition coefficient (Wildman–Crippen LogP) is 1.20. The van der Waals surface area contributed by atoms with Crippen molar-refractivity contribution < 1.29 is 19.1 Å². The topological polar surface area (TPSA) is 125 Å². The van der Waals surface area contributed by atoms with Crippen LogP contribution in [0, 0.1) is 5.41 Å². The van der Waals surface area contributed by atoms with Crippen LogP contribution in [-0.4, -0.2) is 53.2 Å². The predicted molar refractivity (Wildman–Crippen MR) is 95.6 cm³/mol. The lowest BCUT2D eigenvalue weighted by molar-refractivity contribution is -0.136. The fraction of sp³-hybridized carbons (Fsp3) is 0.647. The minimum absolute atomic E-state index is 0.182. The number of hydrogen-bond acceptors (Lipinski definition) is 6. The molecule has 2 atom stereocenters. The summed E-state index contributed by atoms with van der Waals surface area (Å²) in [6, 6.07) is 0.603. The summed E-state index contributed by atoms with van der Waals surface area (Å²) >= 11 is 0. The van der Waals surface area contributed by atoms with Crippen molar-refractivity contribution in [3.63, 3.8) is 0 Å². The van der Waals surface area contributed by atoms with E-state index in [-0.39, 0.29) is 11.5 Å². The number of H-pyrrole nitrogens is 1. The van der Waals surface area contributed by atoms with Crippen LogP contribution in [0.25, 0.3) is 0 Å². The van der Waals surface area contributed by atoms with Crippen LogP contribution in [0.15, 0.2) is 12.3 Å². The molecular weight excluding hydrogens is 338 g/mol. The van der Waals surface area contributed by atoms with Gasteiger partial charge < -0.3 is 20.7 Å². The molecular formula is C17H27N5O4.